The SMILES string of the molecule is CCOC(=O)c1ccc(N2C3CCC2CC(NC(=O)c2cccc(OC)c2CCCO)C3)nc1. The zero-order valence-corrected chi connectivity index (χ0v) is 19.8. The van der Waals surface area contributed by atoms with Gasteiger partial charge in [0.1, 0.15) is 11.6 Å². The second-order valence-electron chi connectivity index (χ2n) is 8.87. The maximum absolute atomic E-state index is 13.2. The van der Waals surface area contributed by atoms with Crippen LogP contribution in [-0.4, -0.2) is 60.4 Å². The molecule has 2 saturated heterocycles. The maximum atomic E-state index is 13.2. The van der Waals surface area contributed by atoms with Crippen molar-refractivity contribution in [3.05, 3.63) is 53.2 Å². The number of amides is 1. The van der Waals surface area contributed by atoms with Crippen molar-refractivity contribution in [2.75, 3.05) is 25.2 Å². The number of methoxy groups -OCH3 is 1. The van der Waals surface area contributed by atoms with Crippen molar-refractivity contribution in [2.24, 2.45) is 0 Å². The number of aliphatic hydroxyl groups excluding tert-OH is 1. The molecule has 34 heavy (non-hydrogen) atoms. The molecule has 0 spiro atoms. The molecule has 2 bridgehead atoms. The summed E-state index contributed by atoms with van der Waals surface area (Å²) in [5.74, 6) is 1.08. The second kappa shape index (κ2) is 10.9. The van der Waals surface area contributed by atoms with Gasteiger partial charge in [-0.3, -0.25) is 4.79 Å². The molecule has 0 radical (unpaired) electrons. The number of hydrogen-bond donors (Lipinski definition) is 2. The van der Waals surface area contributed by atoms with Gasteiger partial charge in [0.15, 0.2) is 0 Å². The number of nitrogens with zero attached hydrogens (tertiary/aromatic N) is 2. The molecule has 1 aromatic carbocycles. The van der Waals surface area contributed by atoms with Crippen molar-refractivity contribution < 1.29 is 24.2 Å². The molecule has 2 fully saturated rings. The Labute approximate surface area is 200 Å². The van der Waals surface area contributed by atoms with Crippen LogP contribution in [0, 0.1) is 0 Å². The standard InChI is InChI=1S/C26H33N3O5/c1-3-34-26(32)17-9-12-24(27-16-17)29-19-10-11-20(29)15-18(14-19)28-25(31)22-6-4-8-23(33-2)21(22)7-5-13-30/h4,6,8-9,12,16,18-20,30H,3,5,7,10-11,13-15H2,1-2H3,(H,28,31). The third-order valence-corrected chi connectivity index (χ3v) is 6.77. The lowest BCUT2D eigenvalue weighted by atomic mass is 9.95. The number of anilines is 1. The van der Waals surface area contributed by atoms with E-state index in [4.69, 9.17) is 9.47 Å². The Morgan fingerprint density at radius 3 is 2.56 bits per heavy atom. The van der Waals surface area contributed by atoms with Gasteiger partial charge in [-0.05, 0) is 69.7 Å². The molecule has 4 rings (SSSR count). The van der Waals surface area contributed by atoms with Crippen LogP contribution < -0.4 is 15.0 Å². The molecule has 1 aromatic heterocycles. The Bertz CT molecular complexity index is 996. The first-order valence-corrected chi connectivity index (χ1v) is 12.0. The summed E-state index contributed by atoms with van der Waals surface area (Å²) in [6.07, 6.45) is 6.54. The number of carbonyl (C=O) groups excluding carboxylic acids is 2. The quantitative estimate of drug-likeness (QED) is 0.547. The predicted octanol–water partition coefficient (Wildman–Crippen LogP) is 3.12. The van der Waals surface area contributed by atoms with E-state index in [1.165, 1.54) is 0 Å². The third-order valence-electron chi connectivity index (χ3n) is 6.77. The molecule has 3 heterocycles. The summed E-state index contributed by atoms with van der Waals surface area (Å²) in [5, 5.41) is 12.5. The fourth-order valence-corrected chi connectivity index (χ4v) is 5.29. The molecule has 0 saturated carbocycles. The Morgan fingerprint density at radius 2 is 1.94 bits per heavy atom. The molecule has 2 unspecified atom stereocenters. The van der Waals surface area contributed by atoms with Crippen molar-refractivity contribution in [2.45, 2.75) is 63.6 Å². The highest BCUT2D eigenvalue weighted by Crippen LogP contribution is 2.38. The van der Waals surface area contributed by atoms with E-state index in [-0.39, 0.29) is 24.5 Å². The number of fused-ring (bicyclic) bond motifs is 2. The monoisotopic (exact) mass is 467 g/mol. The normalized spacial score (nSPS) is 21.3. The number of nitrogens with one attached hydrogen (secondary N) is 1. The summed E-state index contributed by atoms with van der Waals surface area (Å²) in [6, 6.07) is 9.83. The van der Waals surface area contributed by atoms with E-state index >= 15 is 0 Å². The first-order chi connectivity index (χ1) is 16.5. The minimum absolute atomic E-state index is 0.0652. The van der Waals surface area contributed by atoms with E-state index in [9.17, 15) is 14.7 Å². The zero-order valence-electron chi connectivity index (χ0n) is 19.8. The van der Waals surface area contributed by atoms with E-state index in [0.717, 1.165) is 37.1 Å². The zero-order chi connectivity index (χ0) is 24.1. The Morgan fingerprint density at radius 1 is 1.18 bits per heavy atom. The largest absolute Gasteiger partial charge is 0.496 e. The highest BCUT2D eigenvalue weighted by Gasteiger charge is 2.42. The van der Waals surface area contributed by atoms with Gasteiger partial charge in [0.2, 0.25) is 0 Å². The van der Waals surface area contributed by atoms with Gasteiger partial charge >= 0.3 is 5.97 Å². The minimum atomic E-state index is -0.359. The van der Waals surface area contributed by atoms with E-state index in [1.807, 2.05) is 24.3 Å². The highest BCUT2D eigenvalue weighted by atomic mass is 16.5. The number of ether oxygens (including phenoxy) is 2. The van der Waals surface area contributed by atoms with Crippen LogP contribution in [0.25, 0.3) is 0 Å². The van der Waals surface area contributed by atoms with Crippen LogP contribution in [-0.2, 0) is 11.2 Å². The molecule has 2 aliphatic heterocycles. The van der Waals surface area contributed by atoms with E-state index in [0.29, 0.717) is 48.4 Å². The summed E-state index contributed by atoms with van der Waals surface area (Å²) in [5.41, 5.74) is 1.90. The van der Waals surface area contributed by atoms with E-state index < -0.39 is 0 Å². The molecule has 8 nitrogen and oxygen atoms in total. The van der Waals surface area contributed by atoms with Gasteiger partial charge in [-0.25, -0.2) is 9.78 Å². The molecule has 2 N–H and O–H groups in total. The number of aromatic nitrogens is 1. The van der Waals surface area contributed by atoms with Crippen molar-refractivity contribution in [1.82, 2.24) is 10.3 Å². The number of carbonyl (C=O) groups is 2. The summed E-state index contributed by atoms with van der Waals surface area (Å²) in [6.45, 7) is 2.18. The topological polar surface area (TPSA) is 101 Å². The van der Waals surface area contributed by atoms with E-state index in [1.54, 1.807) is 26.3 Å². The summed E-state index contributed by atoms with van der Waals surface area (Å²) in [7, 11) is 1.60. The van der Waals surface area contributed by atoms with Gasteiger partial charge in [-0.2, -0.15) is 0 Å². The lowest BCUT2D eigenvalue weighted by Crippen LogP contribution is -2.50. The lowest BCUT2D eigenvalue weighted by molar-refractivity contribution is 0.0525. The second-order valence-corrected chi connectivity index (χ2v) is 8.87. The van der Waals surface area contributed by atoms with Crippen LogP contribution in [0.2, 0.25) is 0 Å². The first kappa shape index (κ1) is 24.0. The molecular formula is C26H33N3O5. The Balaban J connectivity index is 1.43. The van der Waals surface area contributed by atoms with Crippen LogP contribution >= 0.6 is 0 Å². The van der Waals surface area contributed by atoms with Crippen molar-refractivity contribution in [1.29, 1.82) is 0 Å². The van der Waals surface area contributed by atoms with Gasteiger partial charge < -0.3 is 24.8 Å². The van der Waals surface area contributed by atoms with Crippen LogP contribution in [0.5, 0.6) is 5.75 Å². The number of hydrogen-bond acceptors (Lipinski definition) is 7. The van der Waals surface area contributed by atoms with Crippen LogP contribution in [0.4, 0.5) is 5.82 Å². The Kier molecular flexibility index (Phi) is 7.67. The van der Waals surface area contributed by atoms with Gasteiger partial charge in [-0.15, -0.1) is 0 Å². The number of esters is 1. The van der Waals surface area contributed by atoms with Gasteiger partial charge in [-0.1, -0.05) is 6.07 Å². The smallest absolute Gasteiger partial charge is 0.339 e. The van der Waals surface area contributed by atoms with Gasteiger partial charge in [0.25, 0.3) is 5.91 Å². The molecule has 8 heteroatoms. The molecule has 2 aliphatic rings. The number of piperidine rings is 1. The fourth-order valence-electron chi connectivity index (χ4n) is 5.29. The predicted molar refractivity (Wildman–Crippen MR) is 128 cm³/mol. The van der Waals surface area contributed by atoms with Gasteiger partial charge in [0.05, 0.1) is 19.3 Å². The highest BCUT2D eigenvalue weighted by molar-refractivity contribution is 5.96. The lowest BCUT2D eigenvalue weighted by Gasteiger charge is -2.40. The number of benzene rings is 1. The average molecular weight is 468 g/mol. The number of aliphatic hydroxyl groups is 1. The van der Waals surface area contributed by atoms with Crippen LogP contribution in [0.3, 0.4) is 0 Å². The molecule has 0 aliphatic carbocycles. The van der Waals surface area contributed by atoms with Crippen molar-refractivity contribution >= 4 is 17.7 Å². The summed E-state index contributed by atoms with van der Waals surface area (Å²) in [4.78, 5) is 32.0. The third kappa shape index (κ3) is 5.01. The van der Waals surface area contributed by atoms with Crippen molar-refractivity contribution in [3.63, 3.8) is 0 Å². The van der Waals surface area contributed by atoms with Crippen LogP contribution in [0.1, 0.15) is 65.3 Å². The van der Waals surface area contributed by atoms with Crippen LogP contribution in [0.15, 0.2) is 36.5 Å². The number of pyridine rings is 1. The average Bonchev–Trinajstić information content (AvgIpc) is 3.12. The Hall–Kier alpha value is -3.13. The molecule has 2 aromatic rings. The molecular weight excluding hydrogens is 434 g/mol. The van der Waals surface area contributed by atoms with E-state index in [2.05, 4.69) is 15.2 Å². The summed E-state index contributed by atoms with van der Waals surface area (Å²) < 4.78 is 10.5. The fraction of sp³-hybridized carbons (Fsp3) is 0.500. The minimum Gasteiger partial charge on any atom is -0.496 e. The molecule has 2 atom stereocenters. The van der Waals surface area contributed by atoms with Crippen molar-refractivity contribution in [3.8, 4) is 5.75 Å². The molecule has 182 valence electrons. The number of rotatable bonds is 9. The van der Waals surface area contributed by atoms with Gasteiger partial charge in [0, 0.05) is 42.1 Å². The molecule has 1 amide bonds. The first-order valence-electron chi connectivity index (χ1n) is 12.0. The summed E-state index contributed by atoms with van der Waals surface area (Å²) >= 11 is 0. The maximum Gasteiger partial charge on any atom is 0.339 e.